The lowest BCUT2D eigenvalue weighted by Crippen LogP contribution is -2.56. The molecule has 1 aliphatic rings. The number of hydrogen-bond donors (Lipinski definition) is 2. The topological polar surface area (TPSA) is 75.4 Å². The number of rotatable bonds is 4. The molecule has 5 nitrogen and oxygen atoms in total. The summed E-state index contributed by atoms with van der Waals surface area (Å²) in [5.74, 6) is -0.115. The van der Waals surface area contributed by atoms with Gasteiger partial charge in [-0.25, -0.2) is 0 Å². The second-order valence-corrected chi connectivity index (χ2v) is 5.54. The predicted octanol–water partition coefficient (Wildman–Crippen LogP) is 1.48. The summed E-state index contributed by atoms with van der Waals surface area (Å²) in [4.78, 5) is 24.9. The molecule has 0 atom stereocenters. The van der Waals surface area contributed by atoms with E-state index < -0.39 is 5.54 Å². The molecule has 20 heavy (non-hydrogen) atoms. The summed E-state index contributed by atoms with van der Waals surface area (Å²) in [6.45, 7) is 2.05. The van der Waals surface area contributed by atoms with E-state index in [1.807, 2.05) is 24.3 Å². The zero-order valence-electron chi connectivity index (χ0n) is 12.0. The molecule has 0 radical (unpaired) electrons. The van der Waals surface area contributed by atoms with Crippen molar-refractivity contribution >= 4 is 17.5 Å². The van der Waals surface area contributed by atoms with Crippen LogP contribution in [0.15, 0.2) is 24.3 Å². The van der Waals surface area contributed by atoms with Gasteiger partial charge in [0.15, 0.2) is 0 Å². The van der Waals surface area contributed by atoms with Gasteiger partial charge in [0, 0.05) is 26.2 Å². The molecule has 0 heterocycles. The lowest BCUT2D eigenvalue weighted by molar-refractivity contribution is -0.128. The lowest BCUT2D eigenvalue weighted by atomic mass is 9.77. The van der Waals surface area contributed by atoms with E-state index in [2.05, 4.69) is 5.32 Å². The Labute approximate surface area is 119 Å². The minimum absolute atomic E-state index is 0.00909. The van der Waals surface area contributed by atoms with Crippen molar-refractivity contribution in [2.45, 2.75) is 38.3 Å². The average Bonchev–Trinajstić information content (AvgIpc) is 2.36. The summed E-state index contributed by atoms with van der Waals surface area (Å²) in [5.41, 5.74) is 6.98. The molecule has 1 saturated carbocycles. The third-order valence-corrected chi connectivity index (χ3v) is 3.84. The molecule has 0 unspecified atom stereocenters. The summed E-state index contributed by atoms with van der Waals surface area (Å²) < 4.78 is 0. The highest BCUT2D eigenvalue weighted by atomic mass is 16.2. The fourth-order valence-corrected chi connectivity index (χ4v) is 2.17. The molecule has 1 aliphatic carbocycles. The molecule has 0 saturated heterocycles. The van der Waals surface area contributed by atoms with Gasteiger partial charge in [0.25, 0.3) is 0 Å². The van der Waals surface area contributed by atoms with Crippen LogP contribution in [0.5, 0.6) is 0 Å². The number of nitrogens with one attached hydrogen (secondary N) is 1. The summed E-state index contributed by atoms with van der Waals surface area (Å²) in [7, 11) is 1.75. The van der Waals surface area contributed by atoms with Gasteiger partial charge in [-0.05, 0) is 37.0 Å². The van der Waals surface area contributed by atoms with E-state index >= 15 is 0 Å². The Kier molecular flexibility index (Phi) is 4.09. The van der Waals surface area contributed by atoms with Crippen molar-refractivity contribution in [1.82, 2.24) is 4.90 Å². The van der Waals surface area contributed by atoms with Crippen LogP contribution in [-0.4, -0.2) is 29.3 Å². The Morgan fingerprint density at radius 1 is 1.40 bits per heavy atom. The van der Waals surface area contributed by atoms with Crippen LogP contribution in [-0.2, 0) is 16.1 Å². The van der Waals surface area contributed by atoms with Crippen molar-refractivity contribution in [3.63, 3.8) is 0 Å². The molecule has 0 spiro atoms. The zero-order chi connectivity index (χ0) is 14.8. The maximum absolute atomic E-state index is 12.1. The first-order valence-corrected chi connectivity index (χ1v) is 6.82. The molecule has 2 rings (SSSR count). The summed E-state index contributed by atoms with van der Waals surface area (Å²) in [5, 5.41) is 2.86. The van der Waals surface area contributed by atoms with E-state index in [0.29, 0.717) is 6.54 Å². The Balaban J connectivity index is 2.02. The van der Waals surface area contributed by atoms with E-state index in [4.69, 9.17) is 5.73 Å². The summed E-state index contributed by atoms with van der Waals surface area (Å²) in [6.07, 6.45) is 2.49. The van der Waals surface area contributed by atoms with Crippen LogP contribution >= 0.6 is 0 Å². The first-order chi connectivity index (χ1) is 9.40. The van der Waals surface area contributed by atoms with Gasteiger partial charge in [-0.2, -0.15) is 0 Å². The Morgan fingerprint density at radius 2 is 2.10 bits per heavy atom. The average molecular weight is 275 g/mol. The molecule has 1 aromatic carbocycles. The van der Waals surface area contributed by atoms with Gasteiger partial charge in [-0.3, -0.25) is 9.59 Å². The smallest absolute Gasteiger partial charge is 0.244 e. The molecule has 108 valence electrons. The minimum Gasteiger partial charge on any atom is -0.342 e. The van der Waals surface area contributed by atoms with E-state index in [-0.39, 0.29) is 11.8 Å². The quantitative estimate of drug-likeness (QED) is 0.874. The molecule has 1 fully saturated rings. The first-order valence-electron chi connectivity index (χ1n) is 6.82. The third-order valence-electron chi connectivity index (χ3n) is 3.84. The fraction of sp³-hybridized carbons (Fsp3) is 0.467. The lowest BCUT2D eigenvalue weighted by Gasteiger charge is -2.36. The molecular formula is C15H21N3O2. The molecule has 5 heteroatoms. The summed E-state index contributed by atoms with van der Waals surface area (Å²) >= 11 is 0. The van der Waals surface area contributed by atoms with Crippen molar-refractivity contribution in [2.75, 3.05) is 12.4 Å². The highest BCUT2D eigenvalue weighted by Crippen LogP contribution is 2.30. The molecule has 1 aromatic rings. The van der Waals surface area contributed by atoms with Gasteiger partial charge in [0.1, 0.15) is 0 Å². The largest absolute Gasteiger partial charge is 0.342 e. The van der Waals surface area contributed by atoms with E-state index in [1.54, 1.807) is 11.9 Å². The van der Waals surface area contributed by atoms with Crippen molar-refractivity contribution in [3.8, 4) is 0 Å². The van der Waals surface area contributed by atoms with Gasteiger partial charge >= 0.3 is 0 Å². The summed E-state index contributed by atoms with van der Waals surface area (Å²) in [6, 6.07) is 7.50. The number of benzene rings is 1. The Morgan fingerprint density at radius 3 is 2.65 bits per heavy atom. The number of amides is 2. The Bertz CT molecular complexity index is 524. The van der Waals surface area contributed by atoms with E-state index in [1.165, 1.54) is 6.92 Å². The van der Waals surface area contributed by atoms with Crippen LogP contribution in [0, 0.1) is 0 Å². The maximum Gasteiger partial charge on any atom is 0.244 e. The van der Waals surface area contributed by atoms with Crippen LogP contribution in [0.4, 0.5) is 5.69 Å². The van der Waals surface area contributed by atoms with Crippen LogP contribution in [0.3, 0.4) is 0 Å². The van der Waals surface area contributed by atoms with Crippen molar-refractivity contribution < 1.29 is 9.59 Å². The molecule has 2 amide bonds. The van der Waals surface area contributed by atoms with Gasteiger partial charge < -0.3 is 16.0 Å². The normalized spacial score (nSPS) is 16.1. The highest BCUT2D eigenvalue weighted by molar-refractivity contribution is 5.98. The van der Waals surface area contributed by atoms with Crippen molar-refractivity contribution in [2.24, 2.45) is 5.73 Å². The van der Waals surface area contributed by atoms with Gasteiger partial charge in [0.2, 0.25) is 11.8 Å². The van der Waals surface area contributed by atoms with Crippen molar-refractivity contribution in [1.29, 1.82) is 0 Å². The van der Waals surface area contributed by atoms with Crippen LogP contribution in [0.1, 0.15) is 31.7 Å². The third kappa shape index (κ3) is 3.17. The first kappa shape index (κ1) is 14.5. The molecular weight excluding hydrogens is 254 g/mol. The number of carbonyl (C=O) groups excluding carboxylic acids is 2. The number of nitrogens with two attached hydrogens (primary N) is 1. The second kappa shape index (κ2) is 5.63. The van der Waals surface area contributed by atoms with Crippen LogP contribution in [0.2, 0.25) is 0 Å². The minimum atomic E-state index is -0.702. The molecule has 3 N–H and O–H groups in total. The Hall–Kier alpha value is -1.88. The molecule has 0 aromatic heterocycles. The monoisotopic (exact) mass is 275 g/mol. The van der Waals surface area contributed by atoms with Crippen LogP contribution < -0.4 is 11.1 Å². The standard InChI is InChI=1S/C15H21N3O2/c1-11(19)18(2)10-12-5-3-6-13(9-12)17-14(20)15(16)7-4-8-15/h3,5-6,9H,4,7-8,10,16H2,1-2H3,(H,17,20). The van der Waals surface area contributed by atoms with Crippen LogP contribution in [0.25, 0.3) is 0 Å². The number of carbonyl (C=O) groups is 2. The fourth-order valence-electron chi connectivity index (χ4n) is 2.17. The SMILES string of the molecule is CC(=O)N(C)Cc1cccc(NC(=O)C2(N)CCC2)c1. The maximum atomic E-state index is 12.1. The van der Waals surface area contributed by atoms with E-state index in [9.17, 15) is 9.59 Å². The van der Waals surface area contributed by atoms with Crippen molar-refractivity contribution in [3.05, 3.63) is 29.8 Å². The molecule has 0 aliphatic heterocycles. The number of anilines is 1. The second-order valence-electron chi connectivity index (χ2n) is 5.54. The van der Waals surface area contributed by atoms with Gasteiger partial charge in [-0.1, -0.05) is 12.1 Å². The van der Waals surface area contributed by atoms with Gasteiger partial charge in [0.05, 0.1) is 5.54 Å². The highest BCUT2D eigenvalue weighted by Gasteiger charge is 2.40. The van der Waals surface area contributed by atoms with E-state index in [0.717, 1.165) is 30.5 Å². The number of nitrogens with zero attached hydrogens (tertiary/aromatic N) is 1. The zero-order valence-corrected chi connectivity index (χ0v) is 12.0. The van der Waals surface area contributed by atoms with Gasteiger partial charge in [-0.15, -0.1) is 0 Å². The molecule has 0 bridgehead atoms. The number of hydrogen-bond acceptors (Lipinski definition) is 3. The predicted molar refractivity (Wildman–Crippen MR) is 78.0 cm³/mol.